The second-order valence-corrected chi connectivity index (χ2v) is 7.66. The quantitative estimate of drug-likeness (QED) is 0.626. The summed E-state index contributed by atoms with van der Waals surface area (Å²) in [6, 6.07) is 7.45. The number of aromatic nitrogens is 2. The summed E-state index contributed by atoms with van der Waals surface area (Å²) in [6.07, 6.45) is 1.68. The lowest BCUT2D eigenvalue weighted by Gasteiger charge is -2.17. The van der Waals surface area contributed by atoms with Gasteiger partial charge in [-0.05, 0) is 45.7 Å². The van der Waals surface area contributed by atoms with E-state index in [9.17, 15) is 24.0 Å². The number of benzene rings is 1. The fourth-order valence-corrected chi connectivity index (χ4v) is 4.11. The number of carbonyl (C=O) groups is 3. The van der Waals surface area contributed by atoms with Crippen molar-refractivity contribution in [2.24, 2.45) is 11.8 Å². The van der Waals surface area contributed by atoms with Crippen molar-refractivity contribution in [1.82, 2.24) is 9.13 Å². The third-order valence-electron chi connectivity index (χ3n) is 5.62. The molecule has 1 aromatic carbocycles. The van der Waals surface area contributed by atoms with E-state index >= 15 is 0 Å². The van der Waals surface area contributed by atoms with Gasteiger partial charge in [0.15, 0.2) is 0 Å². The first-order chi connectivity index (χ1) is 15.3. The van der Waals surface area contributed by atoms with Crippen molar-refractivity contribution in [3.8, 4) is 0 Å². The standard InChI is InChI=1S/C23H26N2O7/c1-4-31-21(28)17-11-16(12-18(17)22(29)32-5-2)24-13-14(3)19(26)25(23(24)30)20(27)15-9-7-6-8-10-15/h6-10,13,16-18H,4-5,11-12H2,1-3H3/t17-,18-/m1/s1. The molecule has 1 heterocycles. The van der Waals surface area contributed by atoms with Crippen LogP contribution in [-0.2, 0) is 19.1 Å². The second kappa shape index (κ2) is 9.76. The van der Waals surface area contributed by atoms with E-state index in [-0.39, 0.29) is 37.2 Å². The zero-order valence-corrected chi connectivity index (χ0v) is 18.3. The first-order valence-electron chi connectivity index (χ1n) is 10.6. The van der Waals surface area contributed by atoms with Crippen LogP contribution >= 0.6 is 0 Å². The summed E-state index contributed by atoms with van der Waals surface area (Å²) in [4.78, 5) is 63.8. The molecule has 2 atom stereocenters. The van der Waals surface area contributed by atoms with Gasteiger partial charge in [0.25, 0.3) is 11.5 Å². The zero-order chi connectivity index (χ0) is 23.4. The molecule has 3 rings (SSSR count). The van der Waals surface area contributed by atoms with Crippen LogP contribution < -0.4 is 11.2 Å². The number of nitrogens with zero attached hydrogens (tertiary/aromatic N) is 2. The van der Waals surface area contributed by atoms with Crippen molar-refractivity contribution >= 4 is 17.8 Å². The smallest absolute Gasteiger partial charge is 0.338 e. The molecule has 9 nitrogen and oxygen atoms in total. The predicted octanol–water partition coefficient (Wildman–Crippen LogP) is 1.70. The molecule has 1 fully saturated rings. The number of carbonyl (C=O) groups excluding carboxylic acids is 3. The Morgan fingerprint density at radius 2 is 1.47 bits per heavy atom. The van der Waals surface area contributed by atoms with Gasteiger partial charge in [-0.2, -0.15) is 4.57 Å². The van der Waals surface area contributed by atoms with E-state index in [1.165, 1.54) is 29.8 Å². The number of hydrogen-bond acceptors (Lipinski definition) is 7. The average molecular weight is 442 g/mol. The number of hydrogen-bond donors (Lipinski definition) is 0. The third-order valence-corrected chi connectivity index (χ3v) is 5.62. The van der Waals surface area contributed by atoms with Crippen molar-refractivity contribution in [1.29, 1.82) is 0 Å². The molecular weight excluding hydrogens is 416 g/mol. The van der Waals surface area contributed by atoms with Gasteiger partial charge < -0.3 is 9.47 Å². The van der Waals surface area contributed by atoms with Gasteiger partial charge in [0.05, 0.1) is 25.0 Å². The SMILES string of the molecule is CCOC(=O)[C@@H]1CC(n2cc(C)c(=O)n(C(=O)c3ccccc3)c2=O)C[C@H]1C(=O)OCC. The summed E-state index contributed by atoms with van der Waals surface area (Å²) in [5, 5.41) is 0. The molecule has 0 amide bonds. The van der Waals surface area contributed by atoms with E-state index < -0.39 is 47.0 Å². The van der Waals surface area contributed by atoms with Crippen LogP contribution in [0.2, 0.25) is 0 Å². The van der Waals surface area contributed by atoms with Gasteiger partial charge in [0.1, 0.15) is 0 Å². The lowest BCUT2D eigenvalue weighted by molar-refractivity contribution is -0.158. The Morgan fingerprint density at radius 1 is 0.938 bits per heavy atom. The third kappa shape index (κ3) is 4.42. The van der Waals surface area contributed by atoms with E-state index in [1.54, 1.807) is 32.0 Å². The fraction of sp³-hybridized carbons (Fsp3) is 0.435. The molecule has 1 aliphatic carbocycles. The molecule has 0 radical (unpaired) electrons. The molecule has 0 N–H and O–H groups in total. The Bertz CT molecular complexity index is 1110. The van der Waals surface area contributed by atoms with Gasteiger partial charge >= 0.3 is 17.6 Å². The Kier molecular flexibility index (Phi) is 7.07. The maximum atomic E-state index is 13.2. The molecule has 1 aliphatic rings. The highest BCUT2D eigenvalue weighted by molar-refractivity contribution is 5.95. The van der Waals surface area contributed by atoms with E-state index in [0.717, 1.165) is 0 Å². The molecule has 0 bridgehead atoms. The number of aryl methyl sites for hydroxylation is 1. The van der Waals surface area contributed by atoms with Crippen LogP contribution in [0.25, 0.3) is 0 Å². The average Bonchev–Trinajstić information content (AvgIpc) is 3.23. The van der Waals surface area contributed by atoms with Gasteiger partial charge in [-0.1, -0.05) is 18.2 Å². The van der Waals surface area contributed by atoms with Crippen molar-refractivity contribution in [2.45, 2.75) is 39.7 Å². The van der Waals surface area contributed by atoms with Crippen molar-refractivity contribution in [3.63, 3.8) is 0 Å². The minimum atomic E-state index is -0.813. The minimum Gasteiger partial charge on any atom is -0.466 e. The summed E-state index contributed by atoms with van der Waals surface area (Å²) in [5.41, 5.74) is -1.13. The number of ether oxygens (including phenoxy) is 2. The summed E-state index contributed by atoms with van der Waals surface area (Å²) < 4.78 is 12.1. The molecule has 1 aromatic heterocycles. The van der Waals surface area contributed by atoms with Crippen LogP contribution in [0.1, 0.15) is 48.7 Å². The first kappa shape index (κ1) is 23.2. The molecule has 32 heavy (non-hydrogen) atoms. The van der Waals surface area contributed by atoms with E-state index in [2.05, 4.69) is 0 Å². The monoisotopic (exact) mass is 442 g/mol. The fourth-order valence-electron chi connectivity index (χ4n) is 4.11. The summed E-state index contributed by atoms with van der Waals surface area (Å²) in [5.74, 6) is -3.37. The van der Waals surface area contributed by atoms with Gasteiger partial charge in [-0.3, -0.25) is 23.7 Å². The molecule has 0 spiro atoms. The summed E-state index contributed by atoms with van der Waals surface area (Å²) >= 11 is 0. The molecule has 1 saturated carbocycles. The highest BCUT2D eigenvalue weighted by atomic mass is 16.5. The van der Waals surface area contributed by atoms with Crippen molar-refractivity contribution in [2.75, 3.05) is 13.2 Å². The van der Waals surface area contributed by atoms with Crippen molar-refractivity contribution in [3.05, 3.63) is 68.5 Å². The molecule has 2 aromatic rings. The Hall–Kier alpha value is -3.49. The summed E-state index contributed by atoms with van der Waals surface area (Å²) in [6.45, 7) is 5.16. The highest BCUT2D eigenvalue weighted by Crippen LogP contribution is 2.40. The summed E-state index contributed by atoms with van der Waals surface area (Å²) in [7, 11) is 0. The Balaban J connectivity index is 2.04. The lowest BCUT2D eigenvalue weighted by Crippen LogP contribution is -2.45. The highest BCUT2D eigenvalue weighted by Gasteiger charge is 2.45. The maximum Gasteiger partial charge on any atom is 0.338 e. The van der Waals surface area contributed by atoms with E-state index in [4.69, 9.17) is 9.47 Å². The van der Waals surface area contributed by atoms with Crippen LogP contribution in [0.3, 0.4) is 0 Å². The molecule has 0 unspecified atom stereocenters. The molecule has 0 saturated heterocycles. The molecular formula is C23H26N2O7. The maximum absolute atomic E-state index is 13.2. The van der Waals surface area contributed by atoms with Crippen molar-refractivity contribution < 1.29 is 23.9 Å². The van der Waals surface area contributed by atoms with Crippen LogP contribution in [0.15, 0.2) is 46.1 Å². The Morgan fingerprint density at radius 3 is 1.97 bits per heavy atom. The van der Waals surface area contributed by atoms with Gasteiger partial charge in [0.2, 0.25) is 0 Å². The van der Waals surface area contributed by atoms with Crippen LogP contribution in [0.5, 0.6) is 0 Å². The number of rotatable bonds is 6. The van der Waals surface area contributed by atoms with Crippen LogP contribution in [-0.4, -0.2) is 40.2 Å². The first-order valence-corrected chi connectivity index (χ1v) is 10.6. The van der Waals surface area contributed by atoms with Gasteiger partial charge in [-0.15, -0.1) is 0 Å². The van der Waals surface area contributed by atoms with E-state index in [0.29, 0.717) is 4.57 Å². The molecule has 0 aliphatic heterocycles. The largest absolute Gasteiger partial charge is 0.466 e. The van der Waals surface area contributed by atoms with Gasteiger partial charge in [-0.25, -0.2) is 4.79 Å². The Labute approximate surface area is 184 Å². The van der Waals surface area contributed by atoms with E-state index in [1.807, 2.05) is 0 Å². The van der Waals surface area contributed by atoms with Gasteiger partial charge in [0, 0.05) is 23.4 Å². The van der Waals surface area contributed by atoms with Crippen LogP contribution in [0, 0.1) is 18.8 Å². The molecule has 9 heteroatoms. The normalized spacial score (nSPS) is 18.3. The predicted molar refractivity (Wildman–Crippen MR) is 114 cm³/mol. The zero-order valence-electron chi connectivity index (χ0n) is 18.3. The van der Waals surface area contributed by atoms with Crippen LogP contribution in [0.4, 0.5) is 0 Å². The topological polar surface area (TPSA) is 114 Å². The second-order valence-electron chi connectivity index (χ2n) is 7.66. The minimum absolute atomic E-state index is 0.152. The lowest BCUT2D eigenvalue weighted by atomic mass is 9.96. The number of esters is 2. The molecule has 170 valence electrons.